The molecule has 0 radical (unpaired) electrons. The van der Waals surface area contributed by atoms with Crippen LogP contribution in [0, 0.1) is 0 Å². The highest BCUT2D eigenvalue weighted by Crippen LogP contribution is 2.35. The summed E-state index contributed by atoms with van der Waals surface area (Å²) in [4.78, 5) is 11.1. The molecule has 32 heavy (non-hydrogen) atoms. The lowest BCUT2D eigenvalue weighted by Crippen LogP contribution is -2.10. The lowest BCUT2D eigenvalue weighted by Gasteiger charge is -2.10. The van der Waals surface area contributed by atoms with Gasteiger partial charge in [0.15, 0.2) is 6.61 Å². The van der Waals surface area contributed by atoms with Gasteiger partial charge in [0, 0.05) is 16.7 Å². The largest absolute Gasteiger partial charge is 0.497 e. The highest BCUT2D eigenvalue weighted by molar-refractivity contribution is 6.30. The Balaban J connectivity index is 1.80. The molecule has 0 aliphatic carbocycles. The van der Waals surface area contributed by atoms with Crippen LogP contribution in [0.5, 0.6) is 11.5 Å². The molecule has 0 spiro atoms. The van der Waals surface area contributed by atoms with Crippen molar-refractivity contribution in [2.24, 2.45) is 0 Å². The van der Waals surface area contributed by atoms with E-state index < -0.39 is 12.6 Å². The Morgan fingerprint density at radius 2 is 1.78 bits per heavy atom. The third kappa shape index (κ3) is 4.92. The molecule has 0 bridgehead atoms. The molecule has 1 N–H and O–H groups in total. The number of aromatic nitrogens is 2. The smallest absolute Gasteiger partial charge is 0.341 e. The zero-order valence-corrected chi connectivity index (χ0v) is 18.1. The molecule has 0 unspecified atom stereocenters. The van der Waals surface area contributed by atoms with Gasteiger partial charge in [0.05, 0.1) is 25.0 Å². The average molecular weight is 449 g/mol. The van der Waals surface area contributed by atoms with Gasteiger partial charge in [-0.25, -0.2) is 4.79 Å². The minimum atomic E-state index is -1.06. The van der Waals surface area contributed by atoms with E-state index in [4.69, 9.17) is 31.3 Å². The molecule has 3 aromatic carbocycles. The van der Waals surface area contributed by atoms with Crippen molar-refractivity contribution in [3.63, 3.8) is 0 Å². The summed E-state index contributed by atoms with van der Waals surface area (Å²) >= 11 is 6.08. The molecule has 1 heterocycles. The van der Waals surface area contributed by atoms with Crippen molar-refractivity contribution in [3.8, 4) is 34.0 Å². The summed E-state index contributed by atoms with van der Waals surface area (Å²) in [6, 6.07) is 24.8. The van der Waals surface area contributed by atoms with Crippen LogP contribution in [-0.2, 0) is 11.3 Å². The number of carboxylic acids is 1. The molecule has 0 atom stereocenters. The Morgan fingerprint density at radius 3 is 2.47 bits per heavy atom. The van der Waals surface area contributed by atoms with Gasteiger partial charge >= 0.3 is 5.97 Å². The molecular weight excluding hydrogens is 428 g/mol. The van der Waals surface area contributed by atoms with Crippen LogP contribution in [-0.4, -0.2) is 34.6 Å². The number of nitrogens with zero attached hydrogens (tertiary/aromatic N) is 2. The van der Waals surface area contributed by atoms with Crippen LogP contribution in [0.1, 0.15) is 5.56 Å². The van der Waals surface area contributed by atoms with Crippen molar-refractivity contribution in [1.82, 2.24) is 9.78 Å². The fraction of sp³-hybridized carbons (Fsp3) is 0.120. The van der Waals surface area contributed by atoms with E-state index in [-0.39, 0.29) is 0 Å². The second-order valence-electron chi connectivity index (χ2n) is 7.11. The SMILES string of the molecule is COc1ccc(-c2cc(-c3ccc(Cl)cc3)n(Cc3ccccc3)n2)c(OCC(=O)O)c1. The van der Waals surface area contributed by atoms with Crippen LogP contribution in [0.25, 0.3) is 22.5 Å². The summed E-state index contributed by atoms with van der Waals surface area (Å²) in [5.41, 5.74) is 4.31. The van der Waals surface area contributed by atoms with Gasteiger partial charge < -0.3 is 14.6 Å². The lowest BCUT2D eigenvalue weighted by molar-refractivity contribution is -0.139. The minimum absolute atomic E-state index is 0.388. The fourth-order valence-corrected chi connectivity index (χ4v) is 3.50. The number of hydrogen-bond donors (Lipinski definition) is 1. The first-order chi connectivity index (χ1) is 15.5. The third-order valence-corrected chi connectivity index (χ3v) is 5.16. The summed E-state index contributed by atoms with van der Waals surface area (Å²) in [5.74, 6) is -0.107. The van der Waals surface area contributed by atoms with Crippen LogP contribution >= 0.6 is 11.6 Å². The normalized spacial score (nSPS) is 10.7. The van der Waals surface area contributed by atoms with Gasteiger partial charge in [0.25, 0.3) is 0 Å². The number of rotatable bonds is 8. The molecule has 1 aromatic heterocycles. The van der Waals surface area contributed by atoms with Gasteiger partial charge in [-0.15, -0.1) is 0 Å². The van der Waals surface area contributed by atoms with Crippen molar-refractivity contribution >= 4 is 17.6 Å². The summed E-state index contributed by atoms with van der Waals surface area (Å²) in [7, 11) is 1.54. The molecular formula is C25H21ClN2O4. The monoisotopic (exact) mass is 448 g/mol. The first-order valence-corrected chi connectivity index (χ1v) is 10.3. The number of methoxy groups -OCH3 is 1. The molecule has 7 heteroatoms. The highest BCUT2D eigenvalue weighted by atomic mass is 35.5. The Labute approximate surface area is 190 Å². The van der Waals surface area contributed by atoms with Crippen LogP contribution in [0.3, 0.4) is 0 Å². The summed E-state index contributed by atoms with van der Waals surface area (Å²) in [6.45, 7) is 0.106. The van der Waals surface area contributed by atoms with Crippen molar-refractivity contribution in [1.29, 1.82) is 0 Å². The maximum Gasteiger partial charge on any atom is 0.341 e. The number of carboxylic acid groups (broad SMARTS) is 1. The molecule has 162 valence electrons. The predicted molar refractivity (Wildman–Crippen MR) is 123 cm³/mol. The standard InChI is InChI=1S/C25H21ClN2O4/c1-31-20-11-12-21(24(13-20)32-16-25(29)30)22-14-23(18-7-9-19(26)10-8-18)28(27-22)15-17-5-3-2-4-6-17/h2-14H,15-16H2,1H3,(H,29,30). The number of carbonyl (C=O) groups is 1. The molecule has 4 aromatic rings. The Kier molecular flexibility index (Phi) is 6.42. The van der Waals surface area contributed by atoms with Gasteiger partial charge in [-0.2, -0.15) is 5.10 Å². The fourth-order valence-electron chi connectivity index (χ4n) is 3.38. The number of ether oxygens (including phenoxy) is 2. The van der Waals surface area contributed by atoms with Gasteiger partial charge in [0.2, 0.25) is 0 Å². The van der Waals surface area contributed by atoms with Crippen molar-refractivity contribution in [2.45, 2.75) is 6.54 Å². The van der Waals surface area contributed by atoms with Crippen molar-refractivity contribution in [2.75, 3.05) is 13.7 Å². The van der Waals surface area contributed by atoms with Crippen LogP contribution in [0.15, 0.2) is 78.9 Å². The van der Waals surface area contributed by atoms with Crippen LogP contribution in [0.2, 0.25) is 5.02 Å². The van der Waals surface area contributed by atoms with E-state index in [1.54, 1.807) is 19.2 Å². The van der Waals surface area contributed by atoms with E-state index in [0.717, 1.165) is 16.8 Å². The molecule has 4 rings (SSSR count). The summed E-state index contributed by atoms with van der Waals surface area (Å²) < 4.78 is 12.7. The Bertz CT molecular complexity index is 1220. The van der Waals surface area contributed by atoms with Crippen molar-refractivity contribution < 1.29 is 19.4 Å². The topological polar surface area (TPSA) is 73.6 Å². The zero-order valence-electron chi connectivity index (χ0n) is 17.4. The van der Waals surface area contributed by atoms with Gasteiger partial charge in [-0.3, -0.25) is 4.68 Å². The molecule has 0 aliphatic heterocycles. The number of halogens is 1. The van der Waals surface area contributed by atoms with Crippen molar-refractivity contribution in [3.05, 3.63) is 89.4 Å². The second kappa shape index (κ2) is 9.58. The molecule has 0 aliphatic rings. The van der Waals surface area contributed by atoms with E-state index in [0.29, 0.717) is 34.3 Å². The lowest BCUT2D eigenvalue weighted by atomic mass is 10.1. The second-order valence-corrected chi connectivity index (χ2v) is 7.55. The van der Waals surface area contributed by atoms with E-state index >= 15 is 0 Å². The number of hydrogen-bond acceptors (Lipinski definition) is 4. The number of aliphatic carboxylic acids is 1. The van der Waals surface area contributed by atoms with Gasteiger partial charge in [-0.05, 0) is 41.5 Å². The first-order valence-electron chi connectivity index (χ1n) is 9.94. The molecule has 0 saturated heterocycles. The zero-order chi connectivity index (χ0) is 22.5. The van der Waals surface area contributed by atoms with E-state index in [1.165, 1.54) is 0 Å². The molecule has 0 amide bonds. The molecule has 0 fully saturated rings. The number of benzene rings is 3. The maximum atomic E-state index is 11.1. The van der Waals surface area contributed by atoms with E-state index in [1.807, 2.05) is 71.4 Å². The third-order valence-electron chi connectivity index (χ3n) is 4.91. The van der Waals surface area contributed by atoms with Crippen LogP contribution < -0.4 is 9.47 Å². The predicted octanol–water partition coefficient (Wildman–Crippen LogP) is 5.39. The van der Waals surface area contributed by atoms with E-state index in [2.05, 4.69) is 0 Å². The quantitative estimate of drug-likeness (QED) is 0.391. The highest BCUT2D eigenvalue weighted by Gasteiger charge is 2.17. The summed E-state index contributed by atoms with van der Waals surface area (Å²) in [6.07, 6.45) is 0. The maximum absolute atomic E-state index is 11.1. The Morgan fingerprint density at radius 1 is 1.03 bits per heavy atom. The first kappa shape index (κ1) is 21.5. The molecule has 0 saturated carbocycles. The minimum Gasteiger partial charge on any atom is -0.497 e. The molecule has 6 nitrogen and oxygen atoms in total. The van der Waals surface area contributed by atoms with Gasteiger partial charge in [0.1, 0.15) is 11.5 Å². The Hall–Kier alpha value is -3.77. The van der Waals surface area contributed by atoms with E-state index in [9.17, 15) is 4.79 Å². The summed E-state index contributed by atoms with van der Waals surface area (Å²) in [5, 5.41) is 14.5. The average Bonchev–Trinajstić information content (AvgIpc) is 3.22. The van der Waals surface area contributed by atoms with Crippen LogP contribution in [0.4, 0.5) is 0 Å². The van der Waals surface area contributed by atoms with Gasteiger partial charge in [-0.1, -0.05) is 54.1 Å².